The molecule has 0 aliphatic rings. The summed E-state index contributed by atoms with van der Waals surface area (Å²) in [6, 6.07) is 8.96. The van der Waals surface area contributed by atoms with Gasteiger partial charge in [0.2, 0.25) is 0 Å². The molecule has 7 nitrogen and oxygen atoms in total. The standard InChI is InChI=1S/C14H12N2O5/c15-14(20)16-11(17)7-21-13(19)10-6-5-8-3-1-2-4-9(8)12(10)18/h1-6,18H,7H2,(H3,15,16,17,20). The number of primary amides is 1. The maximum atomic E-state index is 11.8. The smallest absolute Gasteiger partial charge is 0.342 e. The summed E-state index contributed by atoms with van der Waals surface area (Å²) in [6.07, 6.45) is 0. The van der Waals surface area contributed by atoms with Gasteiger partial charge in [0, 0.05) is 5.39 Å². The fraction of sp³-hybridized carbons (Fsp3) is 0.0714. The topological polar surface area (TPSA) is 119 Å². The van der Waals surface area contributed by atoms with E-state index in [0.717, 1.165) is 5.39 Å². The lowest BCUT2D eigenvalue weighted by Gasteiger charge is -2.08. The minimum atomic E-state index is -1.04. The minimum absolute atomic E-state index is 0.0689. The van der Waals surface area contributed by atoms with E-state index in [1.165, 1.54) is 6.07 Å². The first kappa shape index (κ1) is 14.3. The molecule has 0 bridgehead atoms. The molecule has 0 aliphatic heterocycles. The van der Waals surface area contributed by atoms with E-state index in [0.29, 0.717) is 5.39 Å². The number of hydrogen-bond acceptors (Lipinski definition) is 5. The highest BCUT2D eigenvalue weighted by Gasteiger charge is 2.16. The molecule has 0 atom stereocenters. The maximum Gasteiger partial charge on any atom is 0.342 e. The number of esters is 1. The molecule has 0 aliphatic carbocycles. The van der Waals surface area contributed by atoms with Crippen molar-refractivity contribution in [2.24, 2.45) is 5.73 Å². The number of phenols is 1. The van der Waals surface area contributed by atoms with Crippen LogP contribution >= 0.6 is 0 Å². The zero-order valence-electron chi connectivity index (χ0n) is 10.8. The first-order valence-electron chi connectivity index (χ1n) is 5.96. The van der Waals surface area contributed by atoms with Gasteiger partial charge < -0.3 is 15.6 Å². The summed E-state index contributed by atoms with van der Waals surface area (Å²) in [5.74, 6) is -1.96. The van der Waals surface area contributed by atoms with Gasteiger partial charge in [0.1, 0.15) is 11.3 Å². The predicted molar refractivity (Wildman–Crippen MR) is 73.6 cm³/mol. The van der Waals surface area contributed by atoms with Crippen molar-refractivity contribution >= 4 is 28.7 Å². The van der Waals surface area contributed by atoms with Crippen LogP contribution in [0, 0.1) is 0 Å². The number of benzene rings is 2. The van der Waals surface area contributed by atoms with Gasteiger partial charge in [-0.05, 0) is 11.5 Å². The fourth-order valence-corrected chi connectivity index (χ4v) is 1.80. The second-order valence-corrected chi connectivity index (χ2v) is 4.17. The second-order valence-electron chi connectivity index (χ2n) is 4.17. The number of fused-ring (bicyclic) bond motifs is 1. The first-order valence-corrected chi connectivity index (χ1v) is 5.96. The van der Waals surface area contributed by atoms with Crippen molar-refractivity contribution in [3.63, 3.8) is 0 Å². The molecule has 0 aromatic heterocycles. The number of nitrogens with one attached hydrogen (secondary N) is 1. The molecule has 0 spiro atoms. The Morgan fingerprint density at radius 2 is 1.86 bits per heavy atom. The van der Waals surface area contributed by atoms with Gasteiger partial charge in [0.05, 0.1) is 0 Å². The van der Waals surface area contributed by atoms with Crippen molar-refractivity contribution in [1.82, 2.24) is 5.32 Å². The molecule has 0 saturated heterocycles. The molecule has 2 aromatic carbocycles. The van der Waals surface area contributed by atoms with Crippen LogP contribution in [0.15, 0.2) is 36.4 Å². The molecule has 7 heteroatoms. The molecule has 0 heterocycles. The van der Waals surface area contributed by atoms with Crippen LogP contribution in [0.5, 0.6) is 5.75 Å². The van der Waals surface area contributed by atoms with Gasteiger partial charge in [-0.2, -0.15) is 0 Å². The molecule has 108 valence electrons. The Kier molecular flexibility index (Phi) is 4.03. The van der Waals surface area contributed by atoms with E-state index in [1.807, 2.05) is 0 Å². The quantitative estimate of drug-likeness (QED) is 0.725. The fourth-order valence-electron chi connectivity index (χ4n) is 1.80. The average molecular weight is 288 g/mol. The van der Waals surface area contributed by atoms with E-state index in [4.69, 9.17) is 10.5 Å². The van der Waals surface area contributed by atoms with Gasteiger partial charge in [-0.3, -0.25) is 10.1 Å². The Hall–Kier alpha value is -3.09. The summed E-state index contributed by atoms with van der Waals surface area (Å²) < 4.78 is 4.70. The van der Waals surface area contributed by atoms with Crippen LogP contribution in [0.25, 0.3) is 10.8 Å². The third-order valence-corrected chi connectivity index (χ3v) is 2.72. The third-order valence-electron chi connectivity index (χ3n) is 2.72. The van der Waals surface area contributed by atoms with Gasteiger partial charge in [-0.15, -0.1) is 0 Å². The number of phenolic OH excluding ortho intramolecular Hbond substituents is 1. The highest BCUT2D eigenvalue weighted by atomic mass is 16.5. The monoisotopic (exact) mass is 288 g/mol. The van der Waals surface area contributed by atoms with Crippen molar-refractivity contribution in [3.8, 4) is 5.75 Å². The van der Waals surface area contributed by atoms with E-state index in [2.05, 4.69) is 0 Å². The molecular weight excluding hydrogens is 276 g/mol. The molecule has 4 N–H and O–H groups in total. The number of nitrogens with two attached hydrogens (primary N) is 1. The zero-order chi connectivity index (χ0) is 15.4. The number of amides is 3. The van der Waals surface area contributed by atoms with E-state index in [-0.39, 0.29) is 11.3 Å². The van der Waals surface area contributed by atoms with Gasteiger partial charge in [0.25, 0.3) is 5.91 Å². The SMILES string of the molecule is NC(=O)NC(=O)COC(=O)c1ccc2ccccc2c1O. The number of aromatic hydroxyl groups is 1. The summed E-state index contributed by atoms with van der Waals surface area (Å²) in [5, 5.41) is 13.1. The van der Waals surface area contributed by atoms with E-state index in [9.17, 15) is 19.5 Å². The van der Waals surface area contributed by atoms with Crippen LogP contribution in [0.1, 0.15) is 10.4 Å². The molecule has 0 fully saturated rings. The minimum Gasteiger partial charge on any atom is -0.506 e. The van der Waals surface area contributed by atoms with Crippen LogP contribution < -0.4 is 11.1 Å². The molecule has 2 aromatic rings. The van der Waals surface area contributed by atoms with Crippen LogP contribution in [-0.4, -0.2) is 29.6 Å². The molecule has 2 rings (SSSR count). The number of rotatable bonds is 3. The first-order chi connectivity index (χ1) is 9.99. The molecule has 0 radical (unpaired) electrons. The number of carbonyl (C=O) groups is 3. The van der Waals surface area contributed by atoms with E-state index >= 15 is 0 Å². The van der Waals surface area contributed by atoms with Crippen LogP contribution in [0.3, 0.4) is 0 Å². The summed E-state index contributed by atoms with van der Waals surface area (Å²) in [4.78, 5) is 33.4. The van der Waals surface area contributed by atoms with Crippen molar-refractivity contribution in [2.75, 3.05) is 6.61 Å². The average Bonchev–Trinajstić information content (AvgIpc) is 2.45. The van der Waals surface area contributed by atoms with Gasteiger partial charge in [-0.25, -0.2) is 9.59 Å². The van der Waals surface area contributed by atoms with Crippen molar-refractivity contribution in [2.45, 2.75) is 0 Å². The number of carbonyl (C=O) groups excluding carboxylic acids is 3. The number of urea groups is 1. The lowest BCUT2D eigenvalue weighted by Crippen LogP contribution is -2.37. The highest BCUT2D eigenvalue weighted by Crippen LogP contribution is 2.28. The van der Waals surface area contributed by atoms with Gasteiger partial charge in [-0.1, -0.05) is 30.3 Å². The molecular formula is C14H12N2O5. The Morgan fingerprint density at radius 3 is 2.57 bits per heavy atom. The third kappa shape index (κ3) is 3.27. The van der Waals surface area contributed by atoms with Gasteiger partial charge >= 0.3 is 12.0 Å². The predicted octanol–water partition coefficient (Wildman–Crippen LogP) is 0.897. The zero-order valence-corrected chi connectivity index (χ0v) is 10.8. The Balaban J connectivity index is 2.14. The Labute approximate surface area is 119 Å². The van der Waals surface area contributed by atoms with Gasteiger partial charge in [0.15, 0.2) is 6.61 Å². The number of imide groups is 1. The summed E-state index contributed by atoms with van der Waals surface area (Å²) in [5.41, 5.74) is 4.68. The highest BCUT2D eigenvalue weighted by molar-refractivity contribution is 6.02. The lowest BCUT2D eigenvalue weighted by molar-refractivity contribution is -0.123. The summed E-state index contributed by atoms with van der Waals surface area (Å²) in [7, 11) is 0. The van der Waals surface area contributed by atoms with E-state index in [1.54, 1.807) is 35.6 Å². The lowest BCUT2D eigenvalue weighted by atomic mass is 10.1. The van der Waals surface area contributed by atoms with E-state index < -0.39 is 24.5 Å². The van der Waals surface area contributed by atoms with Crippen molar-refractivity contribution in [1.29, 1.82) is 0 Å². The molecule has 21 heavy (non-hydrogen) atoms. The Bertz CT molecular complexity index is 726. The Morgan fingerprint density at radius 1 is 1.14 bits per heavy atom. The molecule has 0 unspecified atom stereocenters. The molecule has 3 amide bonds. The second kappa shape index (κ2) is 5.91. The normalized spacial score (nSPS) is 10.1. The summed E-state index contributed by atoms with van der Waals surface area (Å²) in [6.45, 7) is -0.673. The van der Waals surface area contributed by atoms with Crippen LogP contribution in [0.4, 0.5) is 4.79 Å². The van der Waals surface area contributed by atoms with Crippen molar-refractivity contribution < 1.29 is 24.2 Å². The number of ether oxygens (including phenoxy) is 1. The van der Waals surface area contributed by atoms with Crippen LogP contribution in [-0.2, 0) is 9.53 Å². The largest absolute Gasteiger partial charge is 0.506 e. The molecule has 0 saturated carbocycles. The summed E-state index contributed by atoms with van der Waals surface area (Å²) >= 11 is 0. The maximum absolute atomic E-state index is 11.8. The van der Waals surface area contributed by atoms with Crippen molar-refractivity contribution in [3.05, 3.63) is 42.0 Å². The number of hydrogen-bond donors (Lipinski definition) is 3. The van der Waals surface area contributed by atoms with Crippen LogP contribution in [0.2, 0.25) is 0 Å².